The standard InChI is InChI=1S/C15H17N3/c16-13-6-2-1-4-11(13)8-9-15-17-10-12-5-3-7-14(12)18-15/h1-2,4,6,10H,3,5,7-9,16H2. The molecule has 0 unspecified atom stereocenters. The third kappa shape index (κ3) is 2.21. The van der Waals surface area contributed by atoms with E-state index in [-0.39, 0.29) is 0 Å². The number of aryl methyl sites for hydroxylation is 4. The van der Waals surface area contributed by atoms with Gasteiger partial charge in [-0.05, 0) is 42.9 Å². The van der Waals surface area contributed by atoms with Crippen LogP contribution in [0, 0.1) is 0 Å². The molecule has 0 radical (unpaired) electrons. The summed E-state index contributed by atoms with van der Waals surface area (Å²) < 4.78 is 0. The Morgan fingerprint density at radius 2 is 2.00 bits per heavy atom. The van der Waals surface area contributed by atoms with E-state index in [1.165, 1.54) is 23.2 Å². The van der Waals surface area contributed by atoms with Gasteiger partial charge < -0.3 is 5.73 Å². The number of para-hydroxylation sites is 1. The molecular weight excluding hydrogens is 222 g/mol. The largest absolute Gasteiger partial charge is 0.399 e. The molecule has 0 aliphatic heterocycles. The van der Waals surface area contributed by atoms with Crippen molar-refractivity contribution in [2.24, 2.45) is 0 Å². The first kappa shape index (κ1) is 11.2. The Kier molecular flexibility index (Phi) is 2.97. The second-order valence-electron chi connectivity index (χ2n) is 4.81. The average molecular weight is 239 g/mol. The lowest BCUT2D eigenvalue weighted by molar-refractivity contribution is 0.834. The molecule has 0 atom stereocenters. The number of aromatic nitrogens is 2. The number of hydrogen-bond acceptors (Lipinski definition) is 3. The smallest absolute Gasteiger partial charge is 0.128 e. The fraction of sp³-hybridized carbons (Fsp3) is 0.333. The lowest BCUT2D eigenvalue weighted by Crippen LogP contribution is -2.03. The summed E-state index contributed by atoms with van der Waals surface area (Å²) in [5.41, 5.74) is 10.6. The molecule has 3 rings (SSSR count). The van der Waals surface area contributed by atoms with Gasteiger partial charge >= 0.3 is 0 Å². The Labute approximate surface area is 107 Å². The minimum Gasteiger partial charge on any atom is -0.399 e. The summed E-state index contributed by atoms with van der Waals surface area (Å²) in [6.45, 7) is 0. The summed E-state index contributed by atoms with van der Waals surface area (Å²) in [5.74, 6) is 0.943. The summed E-state index contributed by atoms with van der Waals surface area (Å²) in [4.78, 5) is 9.09. The summed E-state index contributed by atoms with van der Waals surface area (Å²) in [7, 11) is 0. The van der Waals surface area contributed by atoms with E-state index >= 15 is 0 Å². The molecule has 3 nitrogen and oxygen atoms in total. The molecule has 2 N–H and O–H groups in total. The van der Waals surface area contributed by atoms with Crippen LogP contribution in [0.5, 0.6) is 0 Å². The zero-order chi connectivity index (χ0) is 12.4. The first-order valence-corrected chi connectivity index (χ1v) is 6.50. The van der Waals surface area contributed by atoms with Crippen LogP contribution in [0.25, 0.3) is 0 Å². The molecule has 1 aliphatic carbocycles. The van der Waals surface area contributed by atoms with Gasteiger partial charge in [-0.15, -0.1) is 0 Å². The van der Waals surface area contributed by atoms with E-state index in [1.807, 2.05) is 24.4 Å². The number of rotatable bonds is 3. The van der Waals surface area contributed by atoms with Gasteiger partial charge in [0.05, 0.1) is 0 Å². The third-order valence-electron chi connectivity index (χ3n) is 3.54. The minimum atomic E-state index is 0.860. The molecule has 0 saturated heterocycles. The van der Waals surface area contributed by atoms with Gasteiger partial charge in [0.15, 0.2) is 0 Å². The molecule has 3 heteroatoms. The maximum Gasteiger partial charge on any atom is 0.128 e. The van der Waals surface area contributed by atoms with Gasteiger partial charge in [0.25, 0.3) is 0 Å². The summed E-state index contributed by atoms with van der Waals surface area (Å²) >= 11 is 0. The summed E-state index contributed by atoms with van der Waals surface area (Å²) in [6.07, 6.45) is 7.24. The van der Waals surface area contributed by atoms with E-state index in [1.54, 1.807) is 0 Å². The van der Waals surface area contributed by atoms with Gasteiger partial charge in [0.2, 0.25) is 0 Å². The maximum absolute atomic E-state index is 5.93. The molecule has 0 saturated carbocycles. The molecule has 1 aliphatic rings. The van der Waals surface area contributed by atoms with E-state index in [0.29, 0.717) is 0 Å². The van der Waals surface area contributed by atoms with Crippen LogP contribution in [0.3, 0.4) is 0 Å². The molecule has 92 valence electrons. The second-order valence-corrected chi connectivity index (χ2v) is 4.81. The maximum atomic E-state index is 5.93. The van der Waals surface area contributed by atoms with Crippen LogP contribution in [-0.4, -0.2) is 9.97 Å². The molecule has 18 heavy (non-hydrogen) atoms. The van der Waals surface area contributed by atoms with Crippen LogP contribution in [0.15, 0.2) is 30.5 Å². The van der Waals surface area contributed by atoms with Crippen molar-refractivity contribution in [3.63, 3.8) is 0 Å². The predicted molar refractivity (Wildman–Crippen MR) is 72.3 cm³/mol. The molecule has 1 heterocycles. The molecule has 1 aromatic heterocycles. The summed E-state index contributed by atoms with van der Waals surface area (Å²) in [5, 5.41) is 0. The number of hydrogen-bond donors (Lipinski definition) is 1. The Balaban J connectivity index is 1.72. The van der Waals surface area contributed by atoms with Crippen LogP contribution in [-0.2, 0) is 25.7 Å². The van der Waals surface area contributed by atoms with Gasteiger partial charge in [-0.25, -0.2) is 9.97 Å². The van der Waals surface area contributed by atoms with Crippen LogP contribution in [0.1, 0.15) is 29.1 Å². The van der Waals surface area contributed by atoms with Gasteiger partial charge in [-0.3, -0.25) is 0 Å². The van der Waals surface area contributed by atoms with Crippen LogP contribution in [0.4, 0.5) is 5.69 Å². The zero-order valence-electron chi connectivity index (χ0n) is 10.4. The fourth-order valence-electron chi connectivity index (χ4n) is 2.48. The molecule has 0 spiro atoms. The van der Waals surface area contributed by atoms with Crippen molar-refractivity contribution in [2.45, 2.75) is 32.1 Å². The topological polar surface area (TPSA) is 51.8 Å². The van der Waals surface area contributed by atoms with E-state index in [9.17, 15) is 0 Å². The predicted octanol–water partition coefficient (Wildman–Crippen LogP) is 2.33. The molecule has 0 amide bonds. The SMILES string of the molecule is Nc1ccccc1CCc1ncc2c(n1)CCC2. The Bertz CT molecular complexity index is 563. The van der Waals surface area contributed by atoms with Gasteiger partial charge in [-0.1, -0.05) is 18.2 Å². The van der Waals surface area contributed by atoms with E-state index < -0.39 is 0 Å². The fourth-order valence-corrected chi connectivity index (χ4v) is 2.48. The van der Waals surface area contributed by atoms with Crippen LogP contribution < -0.4 is 5.73 Å². The number of anilines is 1. The quantitative estimate of drug-likeness (QED) is 0.836. The molecule has 0 fully saturated rings. The van der Waals surface area contributed by atoms with Crippen molar-refractivity contribution in [1.29, 1.82) is 0 Å². The number of nitrogens with two attached hydrogens (primary N) is 1. The molecular formula is C15H17N3. The highest BCUT2D eigenvalue weighted by molar-refractivity contribution is 5.46. The lowest BCUT2D eigenvalue weighted by Gasteiger charge is -2.05. The Morgan fingerprint density at radius 3 is 2.89 bits per heavy atom. The highest BCUT2D eigenvalue weighted by atomic mass is 14.9. The minimum absolute atomic E-state index is 0.860. The van der Waals surface area contributed by atoms with Gasteiger partial charge in [0, 0.05) is 24.0 Å². The van der Waals surface area contributed by atoms with E-state index in [2.05, 4.69) is 16.0 Å². The second kappa shape index (κ2) is 4.77. The first-order chi connectivity index (χ1) is 8.83. The number of fused-ring (bicyclic) bond motifs is 1. The van der Waals surface area contributed by atoms with Crippen molar-refractivity contribution >= 4 is 5.69 Å². The van der Waals surface area contributed by atoms with Crippen molar-refractivity contribution in [3.8, 4) is 0 Å². The van der Waals surface area contributed by atoms with E-state index in [0.717, 1.165) is 37.2 Å². The lowest BCUT2D eigenvalue weighted by atomic mass is 10.1. The van der Waals surface area contributed by atoms with Crippen LogP contribution >= 0.6 is 0 Å². The Hall–Kier alpha value is -1.90. The average Bonchev–Trinajstić information content (AvgIpc) is 2.85. The normalized spacial score (nSPS) is 13.6. The van der Waals surface area contributed by atoms with Crippen molar-refractivity contribution in [3.05, 3.63) is 53.1 Å². The number of nitrogen functional groups attached to an aromatic ring is 1. The highest BCUT2D eigenvalue weighted by Crippen LogP contribution is 2.19. The van der Waals surface area contributed by atoms with Crippen LogP contribution in [0.2, 0.25) is 0 Å². The molecule has 2 aromatic rings. The molecule has 0 bridgehead atoms. The number of nitrogens with zero attached hydrogens (tertiary/aromatic N) is 2. The van der Waals surface area contributed by atoms with Crippen molar-refractivity contribution < 1.29 is 0 Å². The molecule has 1 aromatic carbocycles. The zero-order valence-corrected chi connectivity index (χ0v) is 10.4. The van der Waals surface area contributed by atoms with E-state index in [4.69, 9.17) is 5.73 Å². The highest BCUT2D eigenvalue weighted by Gasteiger charge is 2.13. The monoisotopic (exact) mass is 239 g/mol. The number of benzene rings is 1. The third-order valence-corrected chi connectivity index (χ3v) is 3.54. The van der Waals surface area contributed by atoms with Crippen molar-refractivity contribution in [1.82, 2.24) is 9.97 Å². The van der Waals surface area contributed by atoms with Gasteiger partial charge in [0.1, 0.15) is 5.82 Å². The Morgan fingerprint density at radius 1 is 1.11 bits per heavy atom. The van der Waals surface area contributed by atoms with Gasteiger partial charge in [-0.2, -0.15) is 0 Å². The first-order valence-electron chi connectivity index (χ1n) is 6.50. The van der Waals surface area contributed by atoms with Crippen molar-refractivity contribution in [2.75, 3.05) is 5.73 Å². The summed E-state index contributed by atoms with van der Waals surface area (Å²) in [6, 6.07) is 8.00.